The van der Waals surface area contributed by atoms with Gasteiger partial charge in [-0.15, -0.1) is 5.01 Å². The topological polar surface area (TPSA) is 121 Å². The largest absolute Gasteiger partial charge is 0.736 e. The van der Waals surface area contributed by atoms with E-state index in [-0.39, 0.29) is 0 Å². The van der Waals surface area contributed by atoms with Gasteiger partial charge >= 0.3 is 0 Å². The molecule has 2 heterocycles. The Bertz CT molecular complexity index is 410. The highest BCUT2D eigenvalue weighted by Crippen LogP contribution is 2.18. The minimum Gasteiger partial charge on any atom is -0.736 e. The standard InChI is InChI=1S/C10H23N4O3.H3NO3S/c1-14(4-6-17-7-5-14)11-8-12(15-2)10-13(9-11)16-3;1-5(2,3)4/h4-10H2,1-3H3;(H3,1,2,3,4)/q+1;/p-1. The zero-order valence-electron chi connectivity index (χ0n) is 13.2. The molecule has 0 aromatic rings. The zero-order chi connectivity index (χ0) is 16.8. The monoisotopic (exact) mass is 343 g/mol. The Morgan fingerprint density at radius 2 is 1.50 bits per heavy atom. The van der Waals surface area contributed by atoms with Gasteiger partial charge in [0.25, 0.3) is 0 Å². The minimum atomic E-state index is -4.42. The molecule has 11 nitrogen and oxygen atoms in total. The van der Waals surface area contributed by atoms with Gasteiger partial charge in [-0.05, 0) is 0 Å². The predicted octanol–water partition coefficient (Wildman–Crippen LogP) is -2.30. The van der Waals surface area contributed by atoms with Crippen molar-refractivity contribution in [1.29, 1.82) is 0 Å². The number of hydroxylamine groups is 4. The minimum absolute atomic E-state index is 0.667. The average Bonchev–Trinajstić information content (AvgIpc) is 2.45. The summed E-state index contributed by atoms with van der Waals surface area (Å²) >= 11 is 0. The van der Waals surface area contributed by atoms with Gasteiger partial charge in [-0.2, -0.15) is 10.1 Å². The van der Waals surface area contributed by atoms with E-state index in [0.717, 1.165) is 44.2 Å². The van der Waals surface area contributed by atoms with E-state index >= 15 is 0 Å². The first kappa shape index (κ1) is 19.6. The molecule has 0 aromatic carbocycles. The van der Waals surface area contributed by atoms with Crippen molar-refractivity contribution in [3.05, 3.63) is 0 Å². The van der Waals surface area contributed by atoms with Gasteiger partial charge in [0.05, 0.1) is 34.5 Å². The van der Waals surface area contributed by atoms with Gasteiger partial charge in [0, 0.05) is 0 Å². The summed E-state index contributed by atoms with van der Waals surface area (Å²) in [6.45, 7) is 5.85. The summed E-state index contributed by atoms with van der Waals surface area (Å²) in [5.74, 6) is 0. The van der Waals surface area contributed by atoms with Gasteiger partial charge in [0.2, 0.25) is 0 Å². The number of ether oxygens (including phenoxy) is 1. The first-order valence-corrected chi connectivity index (χ1v) is 8.14. The number of hydrogen-bond donors (Lipinski definition) is 1. The second-order valence-corrected chi connectivity index (χ2v) is 6.14. The molecule has 0 amide bonds. The third kappa shape index (κ3) is 6.78. The van der Waals surface area contributed by atoms with Crippen LogP contribution >= 0.6 is 0 Å². The van der Waals surface area contributed by atoms with Crippen LogP contribution in [-0.4, -0.2) is 100 Å². The fourth-order valence-electron chi connectivity index (χ4n) is 2.23. The van der Waals surface area contributed by atoms with E-state index in [9.17, 15) is 0 Å². The second kappa shape index (κ2) is 8.44. The van der Waals surface area contributed by atoms with Crippen LogP contribution in [0.25, 0.3) is 0 Å². The lowest BCUT2D eigenvalue weighted by Gasteiger charge is -2.49. The quantitative estimate of drug-likeness (QED) is 0.445. The van der Waals surface area contributed by atoms with Crippen molar-refractivity contribution in [2.45, 2.75) is 0 Å². The molecule has 0 aliphatic carbocycles. The molecule has 0 atom stereocenters. The Morgan fingerprint density at radius 3 is 1.86 bits per heavy atom. The SMILES string of the molecule is CON1CN(OC)CN([N+]2(C)CCOCC2)C1.NS(=O)(=O)[O-]. The highest BCUT2D eigenvalue weighted by molar-refractivity contribution is 7.83. The Morgan fingerprint density at radius 1 is 1.09 bits per heavy atom. The Kier molecular flexibility index (Phi) is 7.54. The molecular formula is C10H25N5O6S. The van der Waals surface area contributed by atoms with Crippen LogP contribution in [0.5, 0.6) is 0 Å². The second-order valence-electron chi connectivity index (χ2n) is 5.15. The Labute approximate surface area is 131 Å². The van der Waals surface area contributed by atoms with E-state index in [0.29, 0.717) is 6.67 Å². The molecule has 132 valence electrons. The highest BCUT2D eigenvalue weighted by atomic mass is 32.2. The molecule has 0 aromatic heterocycles. The molecule has 2 aliphatic rings. The molecular weight excluding hydrogens is 318 g/mol. The smallest absolute Gasteiger partial charge is 0.156 e. The highest BCUT2D eigenvalue weighted by Gasteiger charge is 2.38. The zero-order valence-corrected chi connectivity index (χ0v) is 14.0. The van der Waals surface area contributed by atoms with Crippen molar-refractivity contribution >= 4 is 10.3 Å². The summed E-state index contributed by atoms with van der Waals surface area (Å²) in [4.78, 5) is 10.6. The van der Waals surface area contributed by atoms with E-state index < -0.39 is 10.3 Å². The van der Waals surface area contributed by atoms with E-state index in [2.05, 4.69) is 17.2 Å². The molecule has 2 fully saturated rings. The molecule has 0 saturated carbocycles. The summed E-state index contributed by atoms with van der Waals surface area (Å²) < 4.78 is 32.9. The average molecular weight is 343 g/mol. The predicted molar refractivity (Wildman–Crippen MR) is 74.8 cm³/mol. The van der Waals surface area contributed by atoms with Crippen molar-refractivity contribution in [3.8, 4) is 0 Å². The van der Waals surface area contributed by atoms with E-state index in [1.165, 1.54) is 0 Å². The van der Waals surface area contributed by atoms with Crippen LogP contribution in [0, 0.1) is 0 Å². The van der Waals surface area contributed by atoms with Crippen LogP contribution in [0.4, 0.5) is 0 Å². The molecule has 0 unspecified atom stereocenters. The molecule has 12 heteroatoms. The molecule has 2 rings (SSSR count). The van der Waals surface area contributed by atoms with Crippen molar-refractivity contribution in [1.82, 2.24) is 15.1 Å². The molecule has 2 N–H and O–H groups in total. The first-order valence-electron chi connectivity index (χ1n) is 6.67. The van der Waals surface area contributed by atoms with Crippen molar-refractivity contribution in [3.63, 3.8) is 0 Å². The first-order chi connectivity index (χ1) is 10.2. The van der Waals surface area contributed by atoms with Crippen molar-refractivity contribution in [2.75, 3.05) is 67.6 Å². The van der Waals surface area contributed by atoms with E-state index in [4.69, 9.17) is 27.4 Å². The summed E-state index contributed by atoms with van der Waals surface area (Å²) in [5, 5.41) is 9.87. The number of rotatable bonds is 3. The summed E-state index contributed by atoms with van der Waals surface area (Å²) in [6.07, 6.45) is 0. The van der Waals surface area contributed by atoms with Crippen molar-refractivity contribution in [2.24, 2.45) is 5.14 Å². The van der Waals surface area contributed by atoms with Gasteiger partial charge in [-0.25, -0.2) is 18.1 Å². The number of hydrogen-bond acceptors (Lipinski definition) is 9. The van der Waals surface area contributed by atoms with Crippen LogP contribution < -0.4 is 5.14 Å². The molecule has 0 spiro atoms. The maximum atomic E-state index is 8.85. The lowest BCUT2D eigenvalue weighted by Crippen LogP contribution is -2.69. The maximum Gasteiger partial charge on any atom is 0.156 e. The van der Waals surface area contributed by atoms with Crippen LogP contribution in [0.15, 0.2) is 0 Å². The summed E-state index contributed by atoms with van der Waals surface area (Å²) in [6, 6.07) is 0. The summed E-state index contributed by atoms with van der Waals surface area (Å²) in [7, 11) is 1.20. The normalized spacial score (nSPS) is 24.6. The van der Waals surface area contributed by atoms with E-state index in [1.54, 1.807) is 14.2 Å². The fraction of sp³-hybridized carbons (Fsp3) is 1.00. The van der Waals surface area contributed by atoms with Gasteiger partial charge in [-0.1, -0.05) is 0 Å². The summed E-state index contributed by atoms with van der Waals surface area (Å²) in [5.41, 5.74) is 0. The van der Waals surface area contributed by atoms with Crippen molar-refractivity contribution < 1.29 is 32.0 Å². The Balaban J connectivity index is 0.000000422. The fourth-order valence-corrected chi connectivity index (χ4v) is 2.23. The maximum absolute atomic E-state index is 8.85. The van der Waals surface area contributed by atoms with E-state index in [1.807, 2.05) is 10.1 Å². The molecule has 0 bridgehead atoms. The van der Waals surface area contributed by atoms with Gasteiger partial charge in [0.1, 0.15) is 33.1 Å². The number of quaternary nitrogens is 1. The van der Waals surface area contributed by atoms with Gasteiger partial charge in [-0.3, -0.25) is 9.68 Å². The number of likely N-dealkylation sites (N-methyl/N-ethyl adjacent to an activating group) is 1. The van der Waals surface area contributed by atoms with Crippen LogP contribution in [0.3, 0.4) is 0 Å². The number of morpholine rings is 1. The number of nitrogens with two attached hydrogens (primary N) is 1. The van der Waals surface area contributed by atoms with Gasteiger partial charge in [0.15, 0.2) is 10.3 Å². The lowest BCUT2D eigenvalue weighted by molar-refractivity contribution is -1.03. The van der Waals surface area contributed by atoms with Gasteiger partial charge < -0.3 is 9.29 Å². The third-order valence-corrected chi connectivity index (χ3v) is 3.59. The van der Waals surface area contributed by atoms with Crippen LogP contribution in [0.1, 0.15) is 0 Å². The molecule has 22 heavy (non-hydrogen) atoms. The molecule has 0 radical (unpaired) electrons. The lowest BCUT2D eigenvalue weighted by atomic mass is 10.4. The third-order valence-electron chi connectivity index (χ3n) is 3.59. The molecule has 2 aliphatic heterocycles. The van der Waals surface area contributed by atoms with Crippen LogP contribution in [-0.2, 0) is 24.7 Å². The van der Waals surface area contributed by atoms with Crippen LogP contribution in [0.2, 0.25) is 0 Å². The Hall–Kier alpha value is -0.410. The molecule has 2 saturated heterocycles. The number of nitrogens with zero attached hydrogens (tertiary/aromatic N) is 4.